The molecule has 5 nitrogen and oxygen atoms in total. The van der Waals surface area contributed by atoms with Crippen molar-refractivity contribution in [1.29, 1.82) is 5.26 Å². The minimum Gasteiger partial charge on any atom is -0.369 e. The lowest BCUT2D eigenvalue weighted by Crippen LogP contribution is -2.52. The molecule has 176 valence electrons. The number of benzene rings is 1. The molecule has 2 heterocycles. The average Bonchev–Trinajstić information content (AvgIpc) is 3.18. The Morgan fingerprint density at radius 3 is 2.56 bits per heavy atom. The number of aromatic nitrogens is 1. The number of nitriles is 1. The van der Waals surface area contributed by atoms with Gasteiger partial charge in [0.25, 0.3) is 0 Å². The SMILES string of the molecule is CCc1cc2c(cc1N1CCN(C3CCC3)CC1)C(C)(C)c1[nH]c3c(c1C2)C(=O)CC(C#N)=C3. The van der Waals surface area contributed by atoms with E-state index in [1.165, 1.54) is 41.6 Å². The van der Waals surface area contributed by atoms with Crippen molar-refractivity contribution in [2.45, 2.75) is 70.8 Å². The molecule has 1 N–H and O–H groups in total. The van der Waals surface area contributed by atoms with Gasteiger partial charge in [0.05, 0.1) is 11.8 Å². The number of piperazine rings is 1. The van der Waals surface area contributed by atoms with Gasteiger partial charge in [-0.05, 0) is 53.7 Å². The van der Waals surface area contributed by atoms with Crippen molar-refractivity contribution in [3.05, 3.63) is 56.9 Å². The Morgan fingerprint density at radius 1 is 1.15 bits per heavy atom. The van der Waals surface area contributed by atoms with Gasteiger partial charge in [-0.25, -0.2) is 0 Å². The maximum Gasteiger partial charge on any atom is 0.170 e. The molecular weight excluding hydrogens is 420 g/mol. The van der Waals surface area contributed by atoms with Crippen LogP contribution < -0.4 is 4.90 Å². The van der Waals surface area contributed by atoms with Crippen LogP contribution in [0, 0.1) is 11.3 Å². The number of fused-ring (bicyclic) bond motifs is 4. The second-order valence-electron chi connectivity index (χ2n) is 11.0. The van der Waals surface area contributed by atoms with Crippen LogP contribution in [0.5, 0.6) is 0 Å². The highest BCUT2D eigenvalue weighted by atomic mass is 16.1. The topological polar surface area (TPSA) is 63.1 Å². The first-order valence-corrected chi connectivity index (χ1v) is 12.9. The van der Waals surface area contributed by atoms with E-state index in [1.54, 1.807) is 0 Å². The lowest BCUT2D eigenvalue weighted by Gasteiger charge is -2.44. The van der Waals surface area contributed by atoms with Crippen molar-refractivity contribution in [2.24, 2.45) is 0 Å². The Morgan fingerprint density at radius 2 is 1.91 bits per heavy atom. The standard InChI is InChI=1S/C29H34N4O/c1-4-19-14-20-15-22-27-24(12-18(17-30)13-26(27)34)31-28(22)29(2,3)23(20)16-25(19)33-10-8-32(9-11-33)21-6-5-7-21/h12,14,16,21,31H,4-11,13,15H2,1-3H3. The van der Waals surface area contributed by atoms with Gasteiger partial charge in [-0.3, -0.25) is 9.69 Å². The first kappa shape index (κ1) is 21.7. The minimum atomic E-state index is -0.226. The number of aryl methyl sites for hydroxylation is 1. The van der Waals surface area contributed by atoms with Crippen LogP contribution in [0.25, 0.3) is 6.08 Å². The molecule has 6 rings (SSSR count). The van der Waals surface area contributed by atoms with E-state index in [0.717, 1.165) is 67.6 Å². The summed E-state index contributed by atoms with van der Waals surface area (Å²) in [6.45, 7) is 11.3. The summed E-state index contributed by atoms with van der Waals surface area (Å²) in [5.74, 6) is 0.0717. The van der Waals surface area contributed by atoms with E-state index in [1.807, 2.05) is 6.08 Å². The molecule has 2 fully saturated rings. The van der Waals surface area contributed by atoms with Crippen LogP contribution in [-0.2, 0) is 18.3 Å². The molecule has 3 aliphatic carbocycles. The van der Waals surface area contributed by atoms with E-state index in [2.05, 4.69) is 53.8 Å². The number of H-pyrrole nitrogens is 1. The monoisotopic (exact) mass is 454 g/mol. The van der Waals surface area contributed by atoms with Gasteiger partial charge in [0.15, 0.2) is 5.78 Å². The van der Waals surface area contributed by atoms with Gasteiger partial charge in [-0.1, -0.05) is 33.3 Å². The van der Waals surface area contributed by atoms with Gasteiger partial charge in [0.1, 0.15) is 0 Å². The normalized spacial score (nSPS) is 21.8. The molecule has 4 aliphatic rings. The number of allylic oxidation sites excluding steroid dienone is 1. The predicted octanol–water partition coefficient (Wildman–Crippen LogP) is 4.98. The number of nitrogens with zero attached hydrogens (tertiary/aromatic N) is 3. The number of carbonyl (C=O) groups excluding carboxylic acids is 1. The van der Waals surface area contributed by atoms with Crippen LogP contribution in [-0.4, -0.2) is 47.9 Å². The van der Waals surface area contributed by atoms with Crippen LogP contribution >= 0.6 is 0 Å². The second kappa shape index (κ2) is 7.85. The van der Waals surface area contributed by atoms with Crippen molar-refractivity contribution in [1.82, 2.24) is 9.88 Å². The maximum absolute atomic E-state index is 13.0. The molecule has 1 saturated heterocycles. The Labute approximate surface area is 202 Å². The lowest BCUT2D eigenvalue weighted by atomic mass is 9.70. The number of carbonyl (C=O) groups is 1. The smallest absolute Gasteiger partial charge is 0.170 e. The molecular formula is C29H34N4O. The van der Waals surface area contributed by atoms with E-state index < -0.39 is 0 Å². The number of aromatic amines is 1. The summed E-state index contributed by atoms with van der Waals surface area (Å²) < 4.78 is 0. The summed E-state index contributed by atoms with van der Waals surface area (Å²) in [6.07, 6.45) is 8.04. The highest BCUT2D eigenvalue weighted by Gasteiger charge is 2.39. The van der Waals surface area contributed by atoms with Crippen LogP contribution in [0.4, 0.5) is 5.69 Å². The molecule has 5 heteroatoms. The van der Waals surface area contributed by atoms with E-state index in [0.29, 0.717) is 5.57 Å². The van der Waals surface area contributed by atoms with Crippen LogP contribution in [0.15, 0.2) is 17.7 Å². The molecule has 2 aromatic rings. The Bertz CT molecular complexity index is 1250. The zero-order chi connectivity index (χ0) is 23.6. The number of anilines is 1. The summed E-state index contributed by atoms with van der Waals surface area (Å²) in [5, 5.41) is 9.37. The Hall–Kier alpha value is -2.84. The zero-order valence-electron chi connectivity index (χ0n) is 20.6. The van der Waals surface area contributed by atoms with Gasteiger partial charge in [0, 0.05) is 73.0 Å². The van der Waals surface area contributed by atoms with E-state index in [9.17, 15) is 10.1 Å². The van der Waals surface area contributed by atoms with E-state index >= 15 is 0 Å². The number of Topliss-reactive ketones (excluding diaryl/α,β-unsaturated/α-hetero) is 1. The van der Waals surface area contributed by atoms with Crippen LogP contribution in [0.1, 0.15) is 90.5 Å². The maximum atomic E-state index is 13.0. The molecule has 1 aliphatic heterocycles. The van der Waals surface area contributed by atoms with Gasteiger partial charge < -0.3 is 9.88 Å². The summed E-state index contributed by atoms with van der Waals surface area (Å²) in [6, 6.07) is 7.87. The number of ketones is 1. The Balaban J connectivity index is 1.37. The molecule has 1 aromatic heterocycles. The van der Waals surface area contributed by atoms with Gasteiger partial charge >= 0.3 is 0 Å². The summed E-state index contributed by atoms with van der Waals surface area (Å²) in [4.78, 5) is 21.8. The molecule has 34 heavy (non-hydrogen) atoms. The largest absolute Gasteiger partial charge is 0.369 e. The molecule has 1 saturated carbocycles. The van der Waals surface area contributed by atoms with Crippen molar-refractivity contribution < 1.29 is 4.79 Å². The first-order valence-electron chi connectivity index (χ1n) is 12.9. The minimum absolute atomic E-state index is 0.0717. The molecule has 0 atom stereocenters. The third kappa shape index (κ3) is 3.19. The third-order valence-electron chi connectivity index (χ3n) is 8.82. The molecule has 0 bridgehead atoms. The average molecular weight is 455 g/mol. The fourth-order valence-corrected chi connectivity index (χ4v) is 6.65. The van der Waals surface area contributed by atoms with Gasteiger partial charge in [-0.2, -0.15) is 5.26 Å². The number of hydrogen-bond acceptors (Lipinski definition) is 4. The highest BCUT2D eigenvalue weighted by Crippen LogP contribution is 2.46. The van der Waals surface area contributed by atoms with Crippen LogP contribution in [0.3, 0.4) is 0 Å². The molecule has 0 radical (unpaired) electrons. The van der Waals surface area contributed by atoms with E-state index in [4.69, 9.17) is 0 Å². The Kier molecular flexibility index (Phi) is 5.00. The van der Waals surface area contributed by atoms with Crippen molar-refractivity contribution in [3.63, 3.8) is 0 Å². The number of nitrogens with one attached hydrogen (secondary N) is 1. The van der Waals surface area contributed by atoms with Crippen LogP contribution in [0.2, 0.25) is 0 Å². The molecule has 1 aromatic carbocycles. The predicted molar refractivity (Wildman–Crippen MR) is 136 cm³/mol. The third-order valence-corrected chi connectivity index (χ3v) is 8.82. The number of hydrogen-bond donors (Lipinski definition) is 1. The lowest BCUT2D eigenvalue weighted by molar-refractivity contribution is 0.0992. The van der Waals surface area contributed by atoms with Gasteiger partial charge in [0.2, 0.25) is 0 Å². The molecule has 0 unspecified atom stereocenters. The second-order valence-corrected chi connectivity index (χ2v) is 11.0. The fraction of sp³-hybridized carbons (Fsp3) is 0.517. The fourth-order valence-electron chi connectivity index (χ4n) is 6.65. The summed E-state index contributed by atoms with van der Waals surface area (Å²) in [5.41, 5.74) is 9.73. The molecule has 0 amide bonds. The quantitative estimate of drug-likeness (QED) is 0.711. The molecule has 0 spiro atoms. The van der Waals surface area contributed by atoms with E-state index in [-0.39, 0.29) is 17.6 Å². The summed E-state index contributed by atoms with van der Waals surface area (Å²) >= 11 is 0. The van der Waals surface area contributed by atoms with Crippen molar-refractivity contribution in [3.8, 4) is 6.07 Å². The van der Waals surface area contributed by atoms with Gasteiger partial charge in [-0.15, -0.1) is 0 Å². The van der Waals surface area contributed by atoms with Crippen molar-refractivity contribution >= 4 is 17.5 Å². The highest BCUT2D eigenvalue weighted by molar-refractivity contribution is 6.06. The van der Waals surface area contributed by atoms with Crippen molar-refractivity contribution in [2.75, 3.05) is 31.1 Å². The summed E-state index contributed by atoms with van der Waals surface area (Å²) in [7, 11) is 0. The number of rotatable bonds is 3. The zero-order valence-corrected chi connectivity index (χ0v) is 20.6. The first-order chi connectivity index (χ1) is 16.4.